The molecule has 1 N–H and O–H groups in total. The van der Waals surface area contributed by atoms with Gasteiger partial charge in [0.15, 0.2) is 6.10 Å². The van der Waals surface area contributed by atoms with Crippen LogP contribution in [0.1, 0.15) is 17.3 Å². The molecule has 2 aromatic rings. The van der Waals surface area contributed by atoms with E-state index in [0.717, 1.165) is 18.2 Å². The maximum Gasteiger partial charge on any atom is 0.344 e. The number of halogens is 2. The molecule has 0 heterocycles. The van der Waals surface area contributed by atoms with Crippen molar-refractivity contribution in [2.45, 2.75) is 13.0 Å². The minimum Gasteiger partial charge on any atom is -0.497 e. The lowest BCUT2D eigenvalue weighted by Crippen LogP contribution is -2.30. The number of hydrogen-bond donors (Lipinski definition) is 1. The van der Waals surface area contributed by atoms with Gasteiger partial charge in [0.05, 0.1) is 7.11 Å². The second-order valence-electron chi connectivity index (χ2n) is 4.87. The van der Waals surface area contributed by atoms with Crippen LogP contribution >= 0.6 is 0 Å². The van der Waals surface area contributed by atoms with Crippen molar-refractivity contribution in [3.8, 4) is 5.75 Å². The smallest absolute Gasteiger partial charge is 0.344 e. The Morgan fingerprint density at radius 3 is 2.33 bits per heavy atom. The standard InChI is InChI=1S/C17H15F2NO4/c1-10(16(21)20-11-5-3-6-12(9-11)23-2)24-17(22)15-13(18)7-4-8-14(15)19/h3-10H,1-2H3,(H,20,21)/t10-/m1/s1. The van der Waals surface area contributed by atoms with Crippen LogP contribution in [0.25, 0.3) is 0 Å². The summed E-state index contributed by atoms with van der Waals surface area (Å²) in [7, 11) is 1.48. The summed E-state index contributed by atoms with van der Waals surface area (Å²) in [6, 6.07) is 9.54. The number of hydrogen-bond acceptors (Lipinski definition) is 4. The van der Waals surface area contributed by atoms with Gasteiger partial charge in [-0.05, 0) is 31.2 Å². The monoisotopic (exact) mass is 335 g/mol. The molecule has 126 valence electrons. The number of carbonyl (C=O) groups is 2. The first kappa shape index (κ1) is 17.4. The number of esters is 1. The first-order valence-corrected chi connectivity index (χ1v) is 7.02. The highest BCUT2D eigenvalue weighted by molar-refractivity contribution is 5.97. The van der Waals surface area contributed by atoms with Crippen LogP contribution in [0.2, 0.25) is 0 Å². The van der Waals surface area contributed by atoms with Gasteiger partial charge in [0.25, 0.3) is 5.91 Å². The largest absolute Gasteiger partial charge is 0.497 e. The van der Waals surface area contributed by atoms with Crippen molar-refractivity contribution in [2.75, 3.05) is 12.4 Å². The maximum absolute atomic E-state index is 13.5. The van der Waals surface area contributed by atoms with Crippen LogP contribution in [0.15, 0.2) is 42.5 Å². The molecule has 1 atom stereocenters. The van der Waals surface area contributed by atoms with Crippen molar-refractivity contribution in [1.29, 1.82) is 0 Å². The predicted octanol–water partition coefficient (Wildman–Crippen LogP) is 3.16. The molecule has 0 spiro atoms. The lowest BCUT2D eigenvalue weighted by molar-refractivity contribution is -0.123. The molecule has 7 heteroatoms. The highest BCUT2D eigenvalue weighted by Gasteiger charge is 2.24. The molecule has 1 amide bonds. The fourth-order valence-electron chi connectivity index (χ4n) is 1.91. The number of nitrogens with one attached hydrogen (secondary N) is 1. The van der Waals surface area contributed by atoms with Crippen molar-refractivity contribution in [3.05, 3.63) is 59.7 Å². The minimum absolute atomic E-state index is 0.430. The lowest BCUT2D eigenvalue weighted by Gasteiger charge is -2.14. The Bertz CT molecular complexity index is 744. The molecule has 5 nitrogen and oxygen atoms in total. The van der Waals surface area contributed by atoms with E-state index in [1.807, 2.05) is 0 Å². The van der Waals surface area contributed by atoms with Crippen LogP contribution in [0.3, 0.4) is 0 Å². The van der Waals surface area contributed by atoms with Crippen LogP contribution in [-0.2, 0) is 9.53 Å². The number of methoxy groups -OCH3 is 1. The molecule has 0 radical (unpaired) electrons. The topological polar surface area (TPSA) is 64.6 Å². The molecular formula is C17H15F2NO4. The van der Waals surface area contributed by atoms with Gasteiger partial charge in [-0.25, -0.2) is 13.6 Å². The molecule has 0 aliphatic carbocycles. The Morgan fingerprint density at radius 1 is 1.08 bits per heavy atom. The molecule has 0 aromatic heterocycles. The van der Waals surface area contributed by atoms with E-state index in [0.29, 0.717) is 11.4 Å². The number of ether oxygens (including phenoxy) is 2. The highest BCUT2D eigenvalue weighted by Crippen LogP contribution is 2.18. The zero-order valence-corrected chi connectivity index (χ0v) is 13.0. The second kappa shape index (κ2) is 7.54. The Kier molecular flexibility index (Phi) is 5.47. The van der Waals surface area contributed by atoms with Gasteiger partial charge in [-0.2, -0.15) is 0 Å². The summed E-state index contributed by atoms with van der Waals surface area (Å²) in [5, 5.41) is 2.52. The SMILES string of the molecule is COc1cccc(NC(=O)[C@@H](C)OC(=O)c2c(F)cccc2F)c1. The molecular weight excluding hydrogens is 320 g/mol. The predicted molar refractivity (Wildman–Crippen MR) is 82.9 cm³/mol. The van der Waals surface area contributed by atoms with E-state index in [2.05, 4.69) is 5.32 Å². The number of benzene rings is 2. The Hall–Kier alpha value is -2.96. The summed E-state index contributed by atoms with van der Waals surface area (Å²) < 4.78 is 36.9. The van der Waals surface area contributed by atoms with Gasteiger partial charge in [-0.15, -0.1) is 0 Å². The number of amides is 1. The Labute approximate surface area is 137 Å². The molecule has 2 rings (SSSR count). The van der Waals surface area contributed by atoms with Crippen molar-refractivity contribution in [1.82, 2.24) is 0 Å². The van der Waals surface area contributed by atoms with E-state index >= 15 is 0 Å². The lowest BCUT2D eigenvalue weighted by atomic mass is 10.2. The Morgan fingerprint density at radius 2 is 1.71 bits per heavy atom. The molecule has 0 saturated carbocycles. The fourth-order valence-corrected chi connectivity index (χ4v) is 1.91. The summed E-state index contributed by atoms with van der Waals surface area (Å²) in [6.07, 6.45) is -1.25. The molecule has 0 aliphatic heterocycles. The van der Waals surface area contributed by atoms with Gasteiger partial charge in [0.2, 0.25) is 0 Å². The maximum atomic E-state index is 13.5. The number of carbonyl (C=O) groups excluding carboxylic acids is 2. The van der Waals surface area contributed by atoms with Gasteiger partial charge < -0.3 is 14.8 Å². The van der Waals surface area contributed by atoms with Crippen molar-refractivity contribution < 1.29 is 27.8 Å². The summed E-state index contributed by atoms with van der Waals surface area (Å²) >= 11 is 0. The van der Waals surface area contributed by atoms with Gasteiger partial charge >= 0.3 is 5.97 Å². The van der Waals surface area contributed by atoms with E-state index in [1.54, 1.807) is 24.3 Å². The van der Waals surface area contributed by atoms with Crippen molar-refractivity contribution >= 4 is 17.6 Å². The van der Waals surface area contributed by atoms with E-state index in [-0.39, 0.29) is 0 Å². The van der Waals surface area contributed by atoms with Crippen LogP contribution in [0, 0.1) is 11.6 Å². The van der Waals surface area contributed by atoms with Gasteiger partial charge in [-0.3, -0.25) is 4.79 Å². The van der Waals surface area contributed by atoms with Crippen LogP contribution in [0.4, 0.5) is 14.5 Å². The van der Waals surface area contributed by atoms with Gasteiger partial charge in [-0.1, -0.05) is 12.1 Å². The minimum atomic E-state index is -1.25. The quantitative estimate of drug-likeness (QED) is 0.853. The third-order valence-electron chi connectivity index (χ3n) is 3.16. The van der Waals surface area contributed by atoms with Gasteiger partial charge in [0, 0.05) is 11.8 Å². The van der Waals surface area contributed by atoms with E-state index in [4.69, 9.17) is 9.47 Å². The van der Waals surface area contributed by atoms with Gasteiger partial charge in [0.1, 0.15) is 22.9 Å². The van der Waals surface area contributed by atoms with Crippen LogP contribution < -0.4 is 10.1 Å². The number of anilines is 1. The summed E-state index contributed by atoms with van der Waals surface area (Å²) in [5.41, 5.74) is -0.405. The second-order valence-corrected chi connectivity index (χ2v) is 4.87. The van der Waals surface area contributed by atoms with E-state index in [1.165, 1.54) is 14.0 Å². The molecule has 0 saturated heterocycles. The zero-order chi connectivity index (χ0) is 17.7. The fraction of sp³-hybridized carbons (Fsp3) is 0.176. The first-order chi connectivity index (χ1) is 11.4. The molecule has 2 aromatic carbocycles. The third-order valence-corrected chi connectivity index (χ3v) is 3.16. The molecule has 0 fully saturated rings. The normalized spacial score (nSPS) is 11.5. The highest BCUT2D eigenvalue weighted by atomic mass is 19.1. The summed E-state index contributed by atoms with van der Waals surface area (Å²) in [4.78, 5) is 23.9. The van der Waals surface area contributed by atoms with Crippen LogP contribution in [0.5, 0.6) is 5.75 Å². The van der Waals surface area contributed by atoms with E-state index in [9.17, 15) is 18.4 Å². The van der Waals surface area contributed by atoms with Crippen molar-refractivity contribution in [2.24, 2.45) is 0 Å². The molecule has 24 heavy (non-hydrogen) atoms. The Balaban J connectivity index is 2.04. The molecule has 0 bridgehead atoms. The molecule has 0 unspecified atom stereocenters. The first-order valence-electron chi connectivity index (χ1n) is 7.02. The zero-order valence-electron chi connectivity index (χ0n) is 13.0. The molecule has 0 aliphatic rings. The van der Waals surface area contributed by atoms with Crippen molar-refractivity contribution in [3.63, 3.8) is 0 Å². The summed E-state index contributed by atoms with van der Waals surface area (Å²) in [5.74, 6) is -3.47. The third kappa shape index (κ3) is 4.07. The average molecular weight is 335 g/mol. The average Bonchev–Trinajstić information content (AvgIpc) is 2.54. The van der Waals surface area contributed by atoms with Crippen LogP contribution in [-0.4, -0.2) is 25.1 Å². The number of rotatable bonds is 5. The van der Waals surface area contributed by atoms with E-state index < -0.39 is 35.2 Å². The summed E-state index contributed by atoms with van der Waals surface area (Å²) in [6.45, 7) is 1.30.